The van der Waals surface area contributed by atoms with Gasteiger partial charge in [-0.05, 0) is 11.6 Å². The lowest BCUT2D eigenvalue weighted by Gasteiger charge is -2.11. The van der Waals surface area contributed by atoms with Crippen molar-refractivity contribution in [3.63, 3.8) is 0 Å². The van der Waals surface area contributed by atoms with E-state index >= 15 is 0 Å². The molecule has 0 saturated heterocycles. The number of aliphatic imine (C=N–C) groups is 2. The van der Waals surface area contributed by atoms with E-state index in [9.17, 15) is 0 Å². The standard InChI is InChI=1S/C3H5ClN4O/c4-1-6-2(5)8-3(9)7-1/h2H,5H2,(H2,6,7,8,9). The predicted molar refractivity (Wildman–Crippen MR) is 34.5 cm³/mol. The van der Waals surface area contributed by atoms with Gasteiger partial charge in [0.1, 0.15) is 0 Å². The van der Waals surface area contributed by atoms with Gasteiger partial charge in [0.15, 0.2) is 6.29 Å². The largest absolute Gasteiger partial charge is 0.479 e. The number of hydrogen-bond acceptors (Lipinski definition) is 4. The second-order valence-corrected chi connectivity index (χ2v) is 1.78. The Kier molecular flexibility index (Phi) is 1.54. The maximum absolute atomic E-state index is 8.61. The first-order valence-electron chi connectivity index (χ1n) is 2.21. The summed E-state index contributed by atoms with van der Waals surface area (Å²) in [5.41, 5.74) is 5.19. The third-order valence-electron chi connectivity index (χ3n) is 0.720. The van der Waals surface area contributed by atoms with Crippen LogP contribution in [0, 0.1) is 0 Å². The Hall–Kier alpha value is -0.810. The summed E-state index contributed by atoms with van der Waals surface area (Å²) in [5.74, 6) is 0. The molecule has 4 N–H and O–H groups in total. The Balaban J connectivity index is 2.74. The lowest BCUT2D eigenvalue weighted by molar-refractivity contribution is 0.514. The number of rotatable bonds is 0. The Morgan fingerprint density at radius 1 is 1.78 bits per heavy atom. The molecule has 1 heterocycles. The van der Waals surface area contributed by atoms with Crippen molar-refractivity contribution in [3.05, 3.63) is 0 Å². The molecule has 0 aliphatic carbocycles. The third-order valence-corrected chi connectivity index (χ3v) is 0.913. The molecule has 1 atom stereocenters. The minimum absolute atomic E-state index is 0.0509. The zero-order chi connectivity index (χ0) is 6.85. The zero-order valence-electron chi connectivity index (χ0n) is 4.37. The van der Waals surface area contributed by atoms with Crippen LogP contribution in [0.5, 0.6) is 0 Å². The van der Waals surface area contributed by atoms with E-state index in [4.69, 9.17) is 22.4 Å². The Bertz CT molecular complexity index is 177. The monoisotopic (exact) mass is 148 g/mol. The van der Waals surface area contributed by atoms with E-state index in [1.807, 2.05) is 0 Å². The highest BCUT2D eigenvalue weighted by Gasteiger charge is 2.08. The summed E-state index contributed by atoms with van der Waals surface area (Å²) < 4.78 is 0. The first-order chi connectivity index (χ1) is 4.18. The number of halogens is 1. The molecule has 0 saturated carbocycles. The number of hydrogen-bond donors (Lipinski definition) is 3. The van der Waals surface area contributed by atoms with Crippen LogP contribution in [0.25, 0.3) is 0 Å². The van der Waals surface area contributed by atoms with Crippen LogP contribution in [-0.2, 0) is 0 Å². The average molecular weight is 149 g/mol. The van der Waals surface area contributed by atoms with Gasteiger partial charge in [-0.2, -0.15) is 9.98 Å². The van der Waals surface area contributed by atoms with Crippen LogP contribution >= 0.6 is 11.6 Å². The summed E-state index contributed by atoms with van der Waals surface area (Å²) in [5, 5.41) is 11.1. The Morgan fingerprint density at radius 2 is 2.44 bits per heavy atom. The lowest BCUT2D eigenvalue weighted by atomic mass is 10.8. The minimum Gasteiger partial charge on any atom is -0.479 e. The van der Waals surface area contributed by atoms with Crippen LogP contribution in [0.1, 0.15) is 0 Å². The van der Waals surface area contributed by atoms with Gasteiger partial charge in [-0.15, -0.1) is 0 Å². The van der Waals surface area contributed by atoms with Gasteiger partial charge in [0, 0.05) is 0 Å². The molecular weight excluding hydrogens is 144 g/mol. The van der Waals surface area contributed by atoms with Crippen molar-refractivity contribution in [1.29, 1.82) is 0 Å². The summed E-state index contributed by atoms with van der Waals surface area (Å²) in [6.45, 7) is 0. The highest BCUT2D eigenvalue weighted by Crippen LogP contribution is 1.92. The quantitative estimate of drug-likeness (QED) is 0.399. The molecule has 50 valence electrons. The van der Waals surface area contributed by atoms with Crippen LogP contribution in [0.3, 0.4) is 0 Å². The molecule has 1 rings (SSSR count). The molecule has 1 aliphatic rings. The minimum atomic E-state index is -0.685. The summed E-state index contributed by atoms with van der Waals surface area (Å²) in [6, 6.07) is -0.397. The maximum Gasteiger partial charge on any atom is 0.315 e. The van der Waals surface area contributed by atoms with Crippen molar-refractivity contribution >= 4 is 22.9 Å². The van der Waals surface area contributed by atoms with Crippen LogP contribution in [0.4, 0.5) is 0 Å². The van der Waals surface area contributed by atoms with Gasteiger partial charge < -0.3 is 10.4 Å². The van der Waals surface area contributed by atoms with Crippen molar-refractivity contribution in [2.75, 3.05) is 0 Å². The molecule has 0 fully saturated rings. The second kappa shape index (κ2) is 2.20. The fourth-order valence-corrected chi connectivity index (χ4v) is 0.615. The predicted octanol–water partition coefficient (Wildman–Crippen LogP) is -0.659. The van der Waals surface area contributed by atoms with E-state index in [1.165, 1.54) is 0 Å². The number of aliphatic hydroxyl groups is 1. The summed E-state index contributed by atoms with van der Waals surface area (Å²) >= 11 is 5.32. The average Bonchev–Trinajstić information content (AvgIpc) is 1.59. The molecule has 9 heavy (non-hydrogen) atoms. The van der Waals surface area contributed by atoms with E-state index in [-0.39, 0.29) is 5.29 Å². The molecule has 0 amide bonds. The summed E-state index contributed by atoms with van der Waals surface area (Å²) in [6.07, 6.45) is -0.685. The molecule has 0 spiro atoms. The van der Waals surface area contributed by atoms with E-state index in [1.54, 1.807) is 0 Å². The smallest absolute Gasteiger partial charge is 0.315 e. The molecular formula is C3H5ClN4O. The van der Waals surface area contributed by atoms with Gasteiger partial charge in [0.05, 0.1) is 0 Å². The number of amidine groups is 2. The highest BCUT2D eigenvalue weighted by atomic mass is 35.5. The van der Waals surface area contributed by atoms with Crippen LogP contribution in [-0.4, -0.2) is 22.7 Å². The normalized spacial score (nSPS) is 26.2. The van der Waals surface area contributed by atoms with Gasteiger partial charge in [-0.1, -0.05) is 0 Å². The second-order valence-electron chi connectivity index (χ2n) is 1.42. The summed E-state index contributed by atoms with van der Waals surface area (Å²) in [7, 11) is 0. The number of nitrogens with one attached hydrogen (secondary N) is 1. The fourth-order valence-electron chi connectivity index (χ4n) is 0.428. The van der Waals surface area contributed by atoms with Gasteiger partial charge in [0.2, 0.25) is 5.29 Å². The third kappa shape index (κ3) is 1.55. The first kappa shape index (κ1) is 6.31. The van der Waals surface area contributed by atoms with Crippen molar-refractivity contribution in [2.45, 2.75) is 6.29 Å². The zero-order valence-corrected chi connectivity index (χ0v) is 5.13. The van der Waals surface area contributed by atoms with Crippen LogP contribution in [0.15, 0.2) is 9.98 Å². The van der Waals surface area contributed by atoms with Crippen molar-refractivity contribution < 1.29 is 5.11 Å². The molecule has 1 aliphatic heterocycles. The number of nitrogens with two attached hydrogens (primary N) is 1. The summed E-state index contributed by atoms with van der Waals surface area (Å²) in [4.78, 5) is 6.73. The Morgan fingerprint density at radius 3 is 2.89 bits per heavy atom. The van der Waals surface area contributed by atoms with Gasteiger partial charge in [0.25, 0.3) is 0 Å². The lowest BCUT2D eigenvalue weighted by Crippen LogP contribution is -2.41. The molecule has 0 aromatic rings. The van der Waals surface area contributed by atoms with Crippen LogP contribution in [0.2, 0.25) is 0 Å². The Labute approximate surface area is 56.2 Å². The van der Waals surface area contributed by atoms with Crippen LogP contribution < -0.4 is 11.1 Å². The maximum atomic E-state index is 8.61. The van der Waals surface area contributed by atoms with E-state index in [0.29, 0.717) is 0 Å². The molecule has 0 aromatic heterocycles. The van der Waals surface area contributed by atoms with E-state index in [2.05, 4.69) is 15.3 Å². The van der Waals surface area contributed by atoms with Gasteiger partial charge >= 0.3 is 6.02 Å². The highest BCUT2D eigenvalue weighted by molar-refractivity contribution is 6.65. The topological polar surface area (TPSA) is 83.0 Å². The molecule has 1 unspecified atom stereocenters. The molecule has 6 heteroatoms. The molecule has 0 radical (unpaired) electrons. The van der Waals surface area contributed by atoms with Gasteiger partial charge in [-0.3, -0.25) is 5.73 Å². The molecule has 5 nitrogen and oxygen atoms in total. The molecule has 0 bridgehead atoms. The molecule has 0 aromatic carbocycles. The van der Waals surface area contributed by atoms with Crippen molar-refractivity contribution in [3.8, 4) is 0 Å². The van der Waals surface area contributed by atoms with Gasteiger partial charge in [-0.25, -0.2) is 0 Å². The van der Waals surface area contributed by atoms with E-state index in [0.717, 1.165) is 0 Å². The SMILES string of the molecule is NC1N=C(O)N=C(Cl)N1. The van der Waals surface area contributed by atoms with Crippen molar-refractivity contribution in [1.82, 2.24) is 5.32 Å². The number of nitrogens with zero attached hydrogens (tertiary/aromatic N) is 2. The number of aliphatic hydroxyl groups excluding tert-OH is 1. The fraction of sp³-hybridized carbons (Fsp3) is 0.333. The van der Waals surface area contributed by atoms with Crippen molar-refractivity contribution in [2.24, 2.45) is 15.7 Å². The first-order valence-corrected chi connectivity index (χ1v) is 2.59. The van der Waals surface area contributed by atoms with E-state index < -0.39 is 12.3 Å².